The van der Waals surface area contributed by atoms with Gasteiger partial charge in [0.15, 0.2) is 0 Å². The van der Waals surface area contributed by atoms with E-state index in [1.165, 1.54) is 0 Å². The van der Waals surface area contributed by atoms with Crippen LogP contribution in [0.4, 0.5) is 4.79 Å². The molecule has 3 amide bonds. The summed E-state index contributed by atoms with van der Waals surface area (Å²) in [6.07, 6.45) is 0. The van der Waals surface area contributed by atoms with Crippen molar-refractivity contribution in [3.63, 3.8) is 0 Å². The minimum absolute atomic E-state index is 0.270. The van der Waals surface area contributed by atoms with Crippen LogP contribution in [0, 0.1) is 0 Å². The van der Waals surface area contributed by atoms with E-state index in [1.54, 1.807) is 16.2 Å². The molecule has 0 aliphatic carbocycles. The number of urea groups is 1. The molecule has 0 radical (unpaired) electrons. The van der Waals surface area contributed by atoms with Gasteiger partial charge in [-0.2, -0.15) is 0 Å². The van der Waals surface area contributed by atoms with Gasteiger partial charge in [-0.25, -0.2) is 4.79 Å². The van der Waals surface area contributed by atoms with Gasteiger partial charge < -0.3 is 4.90 Å². The zero-order chi connectivity index (χ0) is 14.1. The van der Waals surface area contributed by atoms with E-state index < -0.39 is 6.04 Å². The Morgan fingerprint density at radius 1 is 1.20 bits per heavy atom. The molecular weight excluding hydrogens is 340 g/mol. The number of hydrogen-bond acceptors (Lipinski definition) is 3. The second kappa shape index (κ2) is 5.38. The van der Waals surface area contributed by atoms with E-state index in [-0.39, 0.29) is 11.9 Å². The lowest BCUT2D eigenvalue weighted by Crippen LogP contribution is -2.29. The van der Waals surface area contributed by atoms with Crippen LogP contribution in [0.15, 0.2) is 46.3 Å². The molecule has 3 rings (SSSR count). The van der Waals surface area contributed by atoms with Crippen LogP contribution in [0.25, 0.3) is 0 Å². The third-order valence-corrected chi connectivity index (χ3v) is 4.53. The Hall–Kier alpha value is -1.66. The van der Waals surface area contributed by atoms with Crippen molar-refractivity contribution in [3.05, 3.63) is 56.7 Å². The number of imide groups is 1. The summed E-state index contributed by atoms with van der Waals surface area (Å²) in [7, 11) is 0. The predicted molar refractivity (Wildman–Crippen MR) is 80.3 cm³/mol. The zero-order valence-electron chi connectivity index (χ0n) is 10.4. The van der Waals surface area contributed by atoms with Gasteiger partial charge in [-0.3, -0.25) is 10.1 Å². The van der Waals surface area contributed by atoms with E-state index in [1.807, 2.05) is 41.8 Å². The first-order chi connectivity index (χ1) is 9.65. The number of rotatable bonds is 3. The van der Waals surface area contributed by atoms with Gasteiger partial charge >= 0.3 is 6.03 Å². The summed E-state index contributed by atoms with van der Waals surface area (Å²) in [5.41, 5.74) is 0.813. The first-order valence-electron chi connectivity index (χ1n) is 6.04. The molecule has 1 atom stereocenters. The number of thiophene rings is 1. The zero-order valence-corrected chi connectivity index (χ0v) is 12.8. The summed E-state index contributed by atoms with van der Waals surface area (Å²) < 4.78 is 0.941. The molecule has 6 heteroatoms. The maximum atomic E-state index is 12.0. The highest BCUT2D eigenvalue weighted by molar-refractivity contribution is 9.10. The lowest BCUT2D eigenvalue weighted by Gasteiger charge is -2.21. The minimum Gasteiger partial charge on any atom is -0.303 e. The number of benzene rings is 1. The Bertz CT molecular complexity index is 640. The molecule has 0 spiro atoms. The number of nitrogens with one attached hydrogen (secondary N) is 1. The summed E-state index contributed by atoms with van der Waals surface area (Å²) in [6, 6.07) is 10.4. The average Bonchev–Trinajstić information content (AvgIpc) is 3.01. The topological polar surface area (TPSA) is 49.4 Å². The van der Waals surface area contributed by atoms with Gasteiger partial charge in [-0.05, 0) is 29.1 Å². The molecule has 1 aromatic carbocycles. The van der Waals surface area contributed by atoms with Crippen molar-refractivity contribution in [1.82, 2.24) is 10.2 Å². The number of amides is 3. The van der Waals surface area contributed by atoms with Crippen LogP contribution in [0.1, 0.15) is 16.5 Å². The van der Waals surface area contributed by atoms with E-state index >= 15 is 0 Å². The molecule has 102 valence electrons. The molecule has 1 fully saturated rings. The average molecular weight is 351 g/mol. The molecule has 0 saturated carbocycles. The van der Waals surface area contributed by atoms with Crippen LogP contribution in [0.2, 0.25) is 0 Å². The summed E-state index contributed by atoms with van der Waals surface area (Å²) in [6.45, 7) is 0.440. The van der Waals surface area contributed by atoms with Gasteiger partial charge in [0.2, 0.25) is 0 Å². The highest BCUT2D eigenvalue weighted by Crippen LogP contribution is 2.29. The van der Waals surface area contributed by atoms with E-state index in [2.05, 4.69) is 21.2 Å². The number of carbonyl (C=O) groups excluding carboxylic acids is 2. The van der Waals surface area contributed by atoms with Crippen molar-refractivity contribution in [2.75, 3.05) is 0 Å². The molecule has 1 N–H and O–H groups in total. The predicted octanol–water partition coefficient (Wildman–Crippen LogP) is 3.30. The summed E-state index contributed by atoms with van der Waals surface area (Å²) in [5.74, 6) is -0.270. The molecule has 1 aromatic heterocycles. The summed E-state index contributed by atoms with van der Waals surface area (Å²) >= 11 is 4.94. The molecule has 2 aromatic rings. The molecule has 1 unspecified atom stereocenters. The van der Waals surface area contributed by atoms with Gasteiger partial charge in [-0.15, -0.1) is 11.3 Å². The number of nitrogens with zero attached hydrogens (tertiary/aromatic N) is 1. The summed E-state index contributed by atoms with van der Waals surface area (Å²) in [5, 5.41) is 4.34. The molecule has 1 aliphatic rings. The van der Waals surface area contributed by atoms with Crippen LogP contribution in [-0.2, 0) is 11.3 Å². The van der Waals surface area contributed by atoms with Crippen molar-refractivity contribution < 1.29 is 9.59 Å². The lowest BCUT2D eigenvalue weighted by atomic mass is 10.1. The maximum Gasteiger partial charge on any atom is 0.325 e. The second-order valence-electron chi connectivity index (χ2n) is 4.46. The van der Waals surface area contributed by atoms with Crippen molar-refractivity contribution in [2.24, 2.45) is 0 Å². The number of carbonyl (C=O) groups is 2. The highest BCUT2D eigenvalue weighted by atomic mass is 79.9. The first kappa shape index (κ1) is 13.3. The van der Waals surface area contributed by atoms with Gasteiger partial charge in [0.1, 0.15) is 6.04 Å². The molecule has 1 aliphatic heterocycles. The van der Waals surface area contributed by atoms with Crippen molar-refractivity contribution in [2.45, 2.75) is 12.6 Å². The molecule has 4 nitrogen and oxygen atoms in total. The van der Waals surface area contributed by atoms with Gasteiger partial charge in [0.25, 0.3) is 5.91 Å². The van der Waals surface area contributed by atoms with Crippen molar-refractivity contribution in [3.8, 4) is 0 Å². The van der Waals surface area contributed by atoms with E-state index in [0.29, 0.717) is 6.54 Å². The van der Waals surface area contributed by atoms with Crippen molar-refractivity contribution >= 4 is 39.2 Å². The molecule has 2 heterocycles. The molecule has 0 bridgehead atoms. The summed E-state index contributed by atoms with van der Waals surface area (Å²) in [4.78, 5) is 26.6. The fourth-order valence-electron chi connectivity index (χ4n) is 2.21. The molecular formula is C14H11BrN2O2S. The van der Waals surface area contributed by atoms with Crippen LogP contribution in [0.3, 0.4) is 0 Å². The monoisotopic (exact) mass is 350 g/mol. The van der Waals surface area contributed by atoms with Gasteiger partial charge in [0, 0.05) is 9.35 Å². The fourth-order valence-corrected chi connectivity index (χ4v) is 3.18. The molecule has 1 saturated heterocycles. The Morgan fingerprint density at radius 3 is 2.60 bits per heavy atom. The van der Waals surface area contributed by atoms with Crippen LogP contribution in [-0.4, -0.2) is 16.8 Å². The SMILES string of the molecule is O=C1NC(=O)N(Cc2cccs2)C1c1ccc(Br)cc1. The van der Waals surface area contributed by atoms with Crippen molar-refractivity contribution in [1.29, 1.82) is 0 Å². The third-order valence-electron chi connectivity index (χ3n) is 3.14. The number of halogens is 1. The lowest BCUT2D eigenvalue weighted by molar-refractivity contribution is -0.121. The van der Waals surface area contributed by atoms with E-state index in [0.717, 1.165) is 14.9 Å². The van der Waals surface area contributed by atoms with Gasteiger partial charge in [-0.1, -0.05) is 34.1 Å². The largest absolute Gasteiger partial charge is 0.325 e. The Kier molecular flexibility index (Phi) is 3.58. The normalized spacial score (nSPS) is 18.4. The Balaban J connectivity index is 1.91. The first-order valence-corrected chi connectivity index (χ1v) is 7.72. The maximum absolute atomic E-state index is 12.0. The quantitative estimate of drug-likeness (QED) is 0.863. The Morgan fingerprint density at radius 2 is 1.95 bits per heavy atom. The van der Waals surface area contributed by atoms with E-state index in [4.69, 9.17) is 0 Å². The fraction of sp³-hybridized carbons (Fsp3) is 0.143. The van der Waals surface area contributed by atoms with Gasteiger partial charge in [0.05, 0.1) is 6.54 Å². The van der Waals surface area contributed by atoms with Crippen LogP contribution < -0.4 is 5.32 Å². The van der Waals surface area contributed by atoms with E-state index in [9.17, 15) is 9.59 Å². The second-order valence-corrected chi connectivity index (χ2v) is 6.40. The van der Waals surface area contributed by atoms with Crippen LogP contribution in [0.5, 0.6) is 0 Å². The molecule has 20 heavy (non-hydrogen) atoms. The minimum atomic E-state index is -0.558. The third kappa shape index (κ3) is 2.48. The smallest absolute Gasteiger partial charge is 0.303 e. The number of hydrogen-bond donors (Lipinski definition) is 1. The Labute approximate surface area is 128 Å². The standard InChI is InChI=1S/C14H11BrN2O2S/c15-10-5-3-9(4-6-10)12-13(18)16-14(19)17(12)8-11-2-1-7-20-11/h1-7,12H,8H2,(H,16,18,19). The van der Waals surface area contributed by atoms with Crippen LogP contribution >= 0.6 is 27.3 Å². The highest BCUT2D eigenvalue weighted by Gasteiger charge is 2.39.